The Morgan fingerprint density at radius 1 is 1.50 bits per heavy atom. The Kier molecular flexibility index (Phi) is 2.17. The van der Waals surface area contributed by atoms with E-state index in [1.807, 2.05) is 13.8 Å². The minimum atomic E-state index is -0.600. The molecule has 0 heterocycles. The summed E-state index contributed by atoms with van der Waals surface area (Å²) in [5.41, 5.74) is 6.51. The normalized spacial score (nSPS) is 26.4. The zero-order valence-corrected chi connectivity index (χ0v) is 9.18. The van der Waals surface area contributed by atoms with Crippen molar-refractivity contribution in [3.8, 4) is 5.75 Å². The van der Waals surface area contributed by atoms with Crippen LogP contribution in [-0.2, 0) is 0 Å². The van der Waals surface area contributed by atoms with Crippen molar-refractivity contribution in [3.05, 3.63) is 33.9 Å². The summed E-state index contributed by atoms with van der Waals surface area (Å²) in [7, 11) is 0. The van der Waals surface area contributed by atoms with E-state index in [0.717, 1.165) is 5.56 Å². The minimum Gasteiger partial charge on any atom is -0.502 e. The van der Waals surface area contributed by atoms with Gasteiger partial charge in [-0.05, 0) is 17.0 Å². The summed E-state index contributed by atoms with van der Waals surface area (Å²) >= 11 is 0. The van der Waals surface area contributed by atoms with Crippen LogP contribution in [0.4, 0.5) is 5.69 Å². The highest BCUT2D eigenvalue weighted by Gasteiger charge is 2.56. The Bertz CT molecular complexity index is 457. The number of nitro benzene ring substituents is 1. The van der Waals surface area contributed by atoms with E-state index in [0.29, 0.717) is 0 Å². The van der Waals surface area contributed by atoms with Gasteiger partial charge in [-0.1, -0.05) is 19.9 Å². The number of benzene rings is 1. The Labute approximate surface area is 93.0 Å². The quantitative estimate of drug-likeness (QED) is 0.589. The van der Waals surface area contributed by atoms with E-state index in [1.165, 1.54) is 12.1 Å². The number of phenolic OH excluding ortho intramolecular Hbond substituents is 1. The maximum atomic E-state index is 10.5. The van der Waals surface area contributed by atoms with E-state index in [-0.39, 0.29) is 28.8 Å². The van der Waals surface area contributed by atoms with Gasteiger partial charge >= 0.3 is 5.69 Å². The lowest BCUT2D eigenvalue weighted by Crippen LogP contribution is -2.06. The van der Waals surface area contributed by atoms with Gasteiger partial charge in [0.05, 0.1) is 4.92 Å². The van der Waals surface area contributed by atoms with Crippen molar-refractivity contribution in [2.24, 2.45) is 11.1 Å². The zero-order valence-electron chi connectivity index (χ0n) is 9.18. The minimum absolute atomic E-state index is 0.00255. The first-order valence-electron chi connectivity index (χ1n) is 5.08. The SMILES string of the molecule is CC1(C)[C@@H](N)[C@@H]1c1ccc([N+](=O)[O-])c(O)c1. The average Bonchev–Trinajstić information content (AvgIpc) is 2.65. The molecule has 1 aromatic carbocycles. The predicted octanol–water partition coefficient (Wildman–Crippen LogP) is 1.75. The molecule has 1 fully saturated rings. The number of nitrogens with two attached hydrogens (primary N) is 1. The van der Waals surface area contributed by atoms with Crippen LogP contribution in [0, 0.1) is 15.5 Å². The lowest BCUT2D eigenvalue weighted by Gasteiger charge is -2.03. The van der Waals surface area contributed by atoms with Gasteiger partial charge in [0.1, 0.15) is 0 Å². The second-order valence-corrected chi connectivity index (χ2v) is 4.83. The van der Waals surface area contributed by atoms with Crippen LogP contribution in [0.25, 0.3) is 0 Å². The summed E-state index contributed by atoms with van der Waals surface area (Å²) in [4.78, 5) is 9.93. The molecule has 86 valence electrons. The van der Waals surface area contributed by atoms with Crippen LogP contribution in [0.15, 0.2) is 18.2 Å². The molecule has 0 aromatic heterocycles. The molecule has 16 heavy (non-hydrogen) atoms. The van der Waals surface area contributed by atoms with Crippen molar-refractivity contribution in [1.82, 2.24) is 0 Å². The van der Waals surface area contributed by atoms with Crippen LogP contribution in [-0.4, -0.2) is 16.1 Å². The van der Waals surface area contributed by atoms with Crippen molar-refractivity contribution in [3.63, 3.8) is 0 Å². The fourth-order valence-electron chi connectivity index (χ4n) is 2.20. The lowest BCUT2D eigenvalue weighted by atomic mass is 10.0. The molecular weight excluding hydrogens is 208 g/mol. The number of nitrogens with zero attached hydrogens (tertiary/aromatic N) is 1. The van der Waals surface area contributed by atoms with Crippen LogP contribution >= 0.6 is 0 Å². The summed E-state index contributed by atoms with van der Waals surface area (Å²) in [6.45, 7) is 4.08. The molecule has 0 aliphatic heterocycles. The number of hydrogen-bond acceptors (Lipinski definition) is 4. The standard InChI is InChI=1S/C11H14N2O3/c1-11(2)9(10(11)12)6-3-4-7(13(15)16)8(14)5-6/h3-5,9-10,14H,12H2,1-2H3/t9-,10-/m0/s1. The topological polar surface area (TPSA) is 89.4 Å². The molecule has 0 spiro atoms. The molecule has 0 radical (unpaired) electrons. The number of hydrogen-bond donors (Lipinski definition) is 2. The van der Waals surface area contributed by atoms with Gasteiger partial charge in [-0.3, -0.25) is 10.1 Å². The predicted molar refractivity (Wildman–Crippen MR) is 59.3 cm³/mol. The van der Waals surface area contributed by atoms with Crippen molar-refractivity contribution in [2.45, 2.75) is 25.8 Å². The number of nitro groups is 1. The molecule has 2 rings (SSSR count). The van der Waals surface area contributed by atoms with Gasteiger partial charge in [-0.25, -0.2) is 0 Å². The largest absolute Gasteiger partial charge is 0.502 e. The number of aromatic hydroxyl groups is 1. The smallest absolute Gasteiger partial charge is 0.310 e. The summed E-state index contributed by atoms with van der Waals surface area (Å²) in [5, 5.41) is 20.0. The third-order valence-electron chi connectivity index (χ3n) is 3.47. The summed E-state index contributed by atoms with van der Waals surface area (Å²) < 4.78 is 0. The Morgan fingerprint density at radius 2 is 2.06 bits per heavy atom. The van der Waals surface area contributed by atoms with Gasteiger partial charge in [0.15, 0.2) is 5.75 Å². The van der Waals surface area contributed by atoms with Crippen molar-refractivity contribution >= 4 is 5.69 Å². The Balaban J connectivity index is 2.33. The average molecular weight is 222 g/mol. The van der Waals surface area contributed by atoms with Gasteiger partial charge in [0, 0.05) is 18.0 Å². The van der Waals surface area contributed by atoms with E-state index < -0.39 is 4.92 Å². The van der Waals surface area contributed by atoms with Crippen molar-refractivity contribution in [2.75, 3.05) is 0 Å². The van der Waals surface area contributed by atoms with Gasteiger partial charge in [0.2, 0.25) is 0 Å². The van der Waals surface area contributed by atoms with Gasteiger partial charge < -0.3 is 10.8 Å². The molecule has 1 aliphatic carbocycles. The molecule has 2 atom stereocenters. The highest BCUT2D eigenvalue weighted by Crippen LogP contribution is 2.57. The highest BCUT2D eigenvalue weighted by atomic mass is 16.6. The summed E-state index contributed by atoms with van der Waals surface area (Å²) in [6.07, 6.45) is 0. The third kappa shape index (κ3) is 1.44. The molecule has 1 aromatic rings. The fourth-order valence-corrected chi connectivity index (χ4v) is 2.20. The maximum absolute atomic E-state index is 10.5. The molecule has 0 amide bonds. The molecule has 0 bridgehead atoms. The molecule has 0 saturated heterocycles. The summed E-state index contributed by atoms with van der Waals surface area (Å²) in [5.74, 6) is -0.128. The highest BCUT2D eigenvalue weighted by molar-refractivity contribution is 5.50. The van der Waals surface area contributed by atoms with Crippen molar-refractivity contribution in [1.29, 1.82) is 0 Å². The molecule has 5 nitrogen and oxygen atoms in total. The fraction of sp³-hybridized carbons (Fsp3) is 0.455. The number of rotatable bonds is 2. The van der Waals surface area contributed by atoms with E-state index in [9.17, 15) is 15.2 Å². The molecule has 0 unspecified atom stereocenters. The Hall–Kier alpha value is -1.62. The molecule has 1 aliphatic rings. The van der Waals surface area contributed by atoms with Crippen LogP contribution in [0.1, 0.15) is 25.3 Å². The lowest BCUT2D eigenvalue weighted by molar-refractivity contribution is -0.385. The van der Waals surface area contributed by atoms with Crippen LogP contribution < -0.4 is 5.73 Å². The van der Waals surface area contributed by atoms with Gasteiger partial charge in [-0.15, -0.1) is 0 Å². The van der Waals surface area contributed by atoms with E-state index in [2.05, 4.69) is 0 Å². The first-order chi connectivity index (χ1) is 7.35. The Morgan fingerprint density at radius 3 is 2.44 bits per heavy atom. The van der Waals surface area contributed by atoms with E-state index >= 15 is 0 Å². The molecule has 3 N–H and O–H groups in total. The second-order valence-electron chi connectivity index (χ2n) is 4.83. The van der Waals surface area contributed by atoms with Crippen molar-refractivity contribution < 1.29 is 10.0 Å². The summed E-state index contributed by atoms with van der Waals surface area (Å²) in [6, 6.07) is 4.48. The van der Waals surface area contributed by atoms with E-state index in [4.69, 9.17) is 5.73 Å². The molecule has 5 heteroatoms. The first-order valence-corrected chi connectivity index (χ1v) is 5.08. The first kappa shape index (κ1) is 10.9. The molecular formula is C11H14N2O3. The monoisotopic (exact) mass is 222 g/mol. The van der Waals surface area contributed by atoms with Gasteiger partial charge in [-0.2, -0.15) is 0 Å². The second kappa shape index (κ2) is 3.18. The number of phenols is 1. The van der Waals surface area contributed by atoms with Crippen LogP contribution in [0.2, 0.25) is 0 Å². The molecule has 1 saturated carbocycles. The zero-order chi connectivity index (χ0) is 12.1. The third-order valence-corrected chi connectivity index (χ3v) is 3.47. The maximum Gasteiger partial charge on any atom is 0.310 e. The van der Waals surface area contributed by atoms with Crippen LogP contribution in [0.3, 0.4) is 0 Å². The van der Waals surface area contributed by atoms with Crippen LogP contribution in [0.5, 0.6) is 5.75 Å². The van der Waals surface area contributed by atoms with Gasteiger partial charge in [0.25, 0.3) is 0 Å². The van der Waals surface area contributed by atoms with E-state index in [1.54, 1.807) is 6.07 Å².